The van der Waals surface area contributed by atoms with Crippen LogP contribution in [0.5, 0.6) is 0 Å². The van der Waals surface area contributed by atoms with Crippen LogP contribution in [0.3, 0.4) is 0 Å². The smallest absolute Gasteiger partial charge is 0.0451 e. The van der Waals surface area contributed by atoms with Gasteiger partial charge in [0.15, 0.2) is 0 Å². The Kier molecular flexibility index (Phi) is 6.34. The summed E-state index contributed by atoms with van der Waals surface area (Å²) in [6.07, 6.45) is 2.66. The van der Waals surface area contributed by atoms with E-state index in [4.69, 9.17) is 11.6 Å². The van der Waals surface area contributed by atoms with Crippen LogP contribution in [0.15, 0.2) is 24.3 Å². The lowest BCUT2D eigenvalue weighted by Crippen LogP contribution is -2.39. The molecule has 20 heavy (non-hydrogen) atoms. The van der Waals surface area contributed by atoms with E-state index in [1.54, 1.807) is 0 Å². The molecule has 2 nitrogen and oxygen atoms in total. The van der Waals surface area contributed by atoms with E-state index in [0.29, 0.717) is 0 Å². The highest BCUT2D eigenvalue weighted by Gasteiger charge is 2.20. The molecule has 1 unspecified atom stereocenters. The van der Waals surface area contributed by atoms with Crippen molar-refractivity contribution in [2.75, 3.05) is 26.2 Å². The molecule has 1 saturated heterocycles. The molecule has 1 aromatic rings. The molecule has 112 valence electrons. The molecule has 0 aliphatic carbocycles. The molecule has 1 atom stereocenters. The molecule has 1 aliphatic rings. The Morgan fingerprint density at radius 2 is 2.15 bits per heavy atom. The van der Waals surface area contributed by atoms with Crippen molar-refractivity contribution in [2.24, 2.45) is 11.8 Å². The summed E-state index contributed by atoms with van der Waals surface area (Å²) >= 11 is 6.26. The summed E-state index contributed by atoms with van der Waals surface area (Å²) in [5.41, 5.74) is 1.25. The first-order chi connectivity index (χ1) is 9.65. The summed E-state index contributed by atoms with van der Waals surface area (Å²) < 4.78 is 0. The van der Waals surface area contributed by atoms with Crippen molar-refractivity contribution in [1.29, 1.82) is 0 Å². The van der Waals surface area contributed by atoms with Gasteiger partial charge in [-0.05, 0) is 55.9 Å². The third kappa shape index (κ3) is 5.08. The number of piperidine rings is 1. The third-order valence-electron chi connectivity index (χ3n) is 3.94. The largest absolute Gasteiger partial charge is 0.316 e. The van der Waals surface area contributed by atoms with Gasteiger partial charge >= 0.3 is 0 Å². The highest BCUT2D eigenvalue weighted by Crippen LogP contribution is 2.21. The summed E-state index contributed by atoms with van der Waals surface area (Å²) in [5.74, 6) is 1.52. The SMILES string of the molecule is CC(C)CNCC1CCCN(Cc2ccccc2Cl)C1. The first-order valence-electron chi connectivity index (χ1n) is 7.81. The number of benzene rings is 1. The molecule has 1 aromatic carbocycles. The van der Waals surface area contributed by atoms with Crippen LogP contribution in [0.25, 0.3) is 0 Å². The Hall–Kier alpha value is -0.570. The predicted octanol–water partition coefficient (Wildman–Crippen LogP) is 3.80. The van der Waals surface area contributed by atoms with Crippen LogP contribution in [-0.4, -0.2) is 31.1 Å². The van der Waals surface area contributed by atoms with Crippen LogP contribution in [0.2, 0.25) is 5.02 Å². The lowest BCUT2D eigenvalue weighted by molar-refractivity contribution is 0.165. The van der Waals surface area contributed by atoms with Gasteiger partial charge < -0.3 is 5.32 Å². The Labute approximate surface area is 128 Å². The van der Waals surface area contributed by atoms with Gasteiger partial charge in [-0.25, -0.2) is 0 Å². The molecule has 1 aliphatic heterocycles. The van der Waals surface area contributed by atoms with E-state index in [2.05, 4.69) is 36.2 Å². The number of nitrogens with zero attached hydrogens (tertiary/aromatic N) is 1. The average molecular weight is 295 g/mol. The van der Waals surface area contributed by atoms with Crippen LogP contribution >= 0.6 is 11.6 Å². The van der Waals surface area contributed by atoms with Crippen molar-refractivity contribution < 1.29 is 0 Å². The number of hydrogen-bond donors (Lipinski definition) is 1. The minimum absolute atomic E-state index is 0.734. The average Bonchev–Trinajstić information content (AvgIpc) is 2.41. The zero-order valence-electron chi connectivity index (χ0n) is 12.7. The quantitative estimate of drug-likeness (QED) is 0.858. The van der Waals surface area contributed by atoms with Gasteiger partial charge in [-0.1, -0.05) is 43.6 Å². The van der Waals surface area contributed by atoms with Gasteiger partial charge in [0.25, 0.3) is 0 Å². The van der Waals surface area contributed by atoms with Crippen LogP contribution in [-0.2, 0) is 6.54 Å². The first-order valence-corrected chi connectivity index (χ1v) is 8.19. The summed E-state index contributed by atoms with van der Waals surface area (Å²) in [6, 6.07) is 8.21. The molecule has 0 saturated carbocycles. The molecule has 2 rings (SSSR count). The molecule has 1 fully saturated rings. The van der Waals surface area contributed by atoms with Crippen LogP contribution < -0.4 is 5.32 Å². The highest BCUT2D eigenvalue weighted by molar-refractivity contribution is 6.31. The molecule has 0 radical (unpaired) electrons. The number of nitrogens with one attached hydrogen (secondary N) is 1. The van der Waals surface area contributed by atoms with Crippen molar-refractivity contribution in [2.45, 2.75) is 33.2 Å². The first kappa shape index (κ1) is 15.8. The van der Waals surface area contributed by atoms with E-state index in [-0.39, 0.29) is 0 Å². The van der Waals surface area contributed by atoms with E-state index < -0.39 is 0 Å². The zero-order valence-corrected chi connectivity index (χ0v) is 13.5. The maximum Gasteiger partial charge on any atom is 0.0451 e. The highest BCUT2D eigenvalue weighted by atomic mass is 35.5. The standard InChI is InChI=1S/C17H27ClN2/c1-14(2)10-19-11-15-6-5-9-20(12-15)13-16-7-3-4-8-17(16)18/h3-4,7-8,14-15,19H,5-6,9-13H2,1-2H3. The van der Waals surface area contributed by atoms with E-state index in [1.165, 1.54) is 31.5 Å². The van der Waals surface area contributed by atoms with Crippen LogP contribution in [0, 0.1) is 11.8 Å². The number of halogens is 1. The van der Waals surface area contributed by atoms with Crippen molar-refractivity contribution in [3.8, 4) is 0 Å². The van der Waals surface area contributed by atoms with Crippen molar-refractivity contribution in [3.63, 3.8) is 0 Å². The Morgan fingerprint density at radius 3 is 2.90 bits per heavy atom. The van der Waals surface area contributed by atoms with Crippen molar-refractivity contribution in [1.82, 2.24) is 10.2 Å². The molecule has 0 amide bonds. The van der Waals surface area contributed by atoms with Crippen molar-refractivity contribution in [3.05, 3.63) is 34.9 Å². The topological polar surface area (TPSA) is 15.3 Å². The summed E-state index contributed by atoms with van der Waals surface area (Å²) in [7, 11) is 0. The molecular formula is C17H27ClN2. The molecule has 0 bridgehead atoms. The van der Waals surface area contributed by atoms with Gasteiger partial charge in [-0.3, -0.25) is 4.90 Å². The Bertz CT molecular complexity index is 406. The van der Waals surface area contributed by atoms with Crippen molar-refractivity contribution >= 4 is 11.6 Å². The van der Waals surface area contributed by atoms with Gasteiger partial charge in [0.1, 0.15) is 0 Å². The fourth-order valence-electron chi connectivity index (χ4n) is 2.91. The number of likely N-dealkylation sites (tertiary alicyclic amines) is 1. The summed E-state index contributed by atoms with van der Waals surface area (Å²) in [6.45, 7) is 10.2. The fraction of sp³-hybridized carbons (Fsp3) is 0.647. The van der Waals surface area contributed by atoms with Gasteiger partial charge in [0.05, 0.1) is 0 Å². The molecule has 1 N–H and O–H groups in total. The molecule has 0 spiro atoms. The Morgan fingerprint density at radius 1 is 1.35 bits per heavy atom. The van der Waals surface area contributed by atoms with Gasteiger partial charge in [0.2, 0.25) is 0 Å². The maximum absolute atomic E-state index is 6.26. The van der Waals surface area contributed by atoms with Crippen LogP contribution in [0.4, 0.5) is 0 Å². The third-order valence-corrected chi connectivity index (χ3v) is 4.31. The zero-order chi connectivity index (χ0) is 14.4. The molecule has 3 heteroatoms. The minimum Gasteiger partial charge on any atom is -0.316 e. The molecule has 0 aromatic heterocycles. The second-order valence-electron chi connectivity index (χ2n) is 6.39. The lowest BCUT2D eigenvalue weighted by Gasteiger charge is -2.33. The normalized spacial score (nSPS) is 20.5. The fourth-order valence-corrected chi connectivity index (χ4v) is 3.10. The van der Waals surface area contributed by atoms with Crippen LogP contribution in [0.1, 0.15) is 32.3 Å². The van der Waals surface area contributed by atoms with Gasteiger partial charge in [0, 0.05) is 18.1 Å². The van der Waals surface area contributed by atoms with E-state index in [0.717, 1.165) is 36.5 Å². The predicted molar refractivity (Wildman–Crippen MR) is 87.2 cm³/mol. The maximum atomic E-state index is 6.26. The summed E-state index contributed by atoms with van der Waals surface area (Å²) in [4.78, 5) is 2.55. The number of hydrogen-bond acceptors (Lipinski definition) is 2. The van der Waals surface area contributed by atoms with Gasteiger partial charge in [-0.15, -0.1) is 0 Å². The number of rotatable bonds is 6. The van der Waals surface area contributed by atoms with E-state index in [1.807, 2.05) is 12.1 Å². The molecule has 1 heterocycles. The molecular weight excluding hydrogens is 268 g/mol. The lowest BCUT2D eigenvalue weighted by atomic mass is 9.97. The second kappa shape index (κ2) is 8.02. The minimum atomic E-state index is 0.734. The van der Waals surface area contributed by atoms with E-state index >= 15 is 0 Å². The monoisotopic (exact) mass is 294 g/mol. The summed E-state index contributed by atoms with van der Waals surface area (Å²) in [5, 5.41) is 4.49. The Balaban J connectivity index is 1.80. The van der Waals surface area contributed by atoms with Gasteiger partial charge in [-0.2, -0.15) is 0 Å². The second-order valence-corrected chi connectivity index (χ2v) is 6.79. The van der Waals surface area contributed by atoms with E-state index in [9.17, 15) is 0 Å².